The average Bonchev–Trinajstić information content (AvgIpc) is 2.53. The molecule has 4 nitrogen and oxygen atoms in total. The molecule has 0 aliphatic rings. The third kappa shape index (κ3) is 3.40. The number of aromatic nitrogens is 2. The van der Waals surface area contributed by atoms with Crippen molar-refractivity contribution in [3.8, 4) is 0 Å². The Morgan fingerprint density at radius 2 is 1.45 bits per heavy atom. The second-order valence-electron chi connectivity index (χ2n) is 5.00. The smallest absolute Gasteiger partial charge is 0.101 e. The molecule has 106 valence electrons. The van der Waals surface area contributed by atoms with E-state index in [1.165, 1.54) is 0 Å². The predicted octanol–water partition coefficient (Wildman–Crippen LogP) is 2.20. The van der Waals surface area contributed by atoms with Gasteiger partial charge in [0.15, 0.2) is 0 Å². The van der Waals surface area contributed by atoms with Gasteiger partial charge in [-0.15, -0.1) is 0 Å². The van der Waals surface area contributed by atoms with Gasteiger partial charge in [-0.25, -0.2) is 0 Å². The second-order valence-corrected chi connectivity index (χ2v) is 5.00. The number of rotatable bonds is 7. The van der Waals surface area contributed by atoms with Crippen LogP contribution in [0, 0.1) is 0 Å². The number of hydrogen-bond donors (Lipinski definition) is 2. The lowest BCUT2D eigenvalue weighted by Gasteiger charge is -2.28. The fraction of sp³-hybridized carbons (Fsp3) is 0.375. The Hall–Kier alpha value is -1.78. The van der Waals surface area contributed by atoms with Crippen molar-refractivity contribution in [2.45, 2.75) is 31.2 Å². The van der Waals surface area contributed by atoms with E-state index in [9.17, 15) is 0 Å². The number of hydrogen-bond acceptors (Lipinski definition) is 4. The number of nitrogens with zero attached hydrogens (tertiary/aromatic N) is 2. The lowest BCUT2D eigenvalue weighted by atomic mass is 9.85. The average molecular weight is 270 g/mol. The summed E-state index contributed by atoms with van der Waals surface area (Å²) in [7, 11) is 0. The normalized spacial score (nSPS) is 11.5. The SMILES string of the molecule is NCCCCCC(N)(c1ccccn1)c1ccccn1. The predicted molar refractivity (Wildman–Crippen MR) is 81.0 cm³/mol. The zero-order valence-corrected chi connectivity index (χ0v) is 11.7. The minimum atomic E-state index is -0.628. The lowest BCUT2D eigenvalue weighted by Crippen LogP contribution is -2.39. The van der Waals surface area contributed by atoms with E-state index in [1.54, 1.807) is 12.4 Å². The van der Waals surface area contributed by atoms with Crippen molar-refractivity contribution < 1.29 is 0 Å². The molecule has 0 spiro atoms. The van der Waals surface area contributed by atoms with Crippen molar-refractivity contribution in [2.75, 3.05) is 6.54 Å². The molecule has 4 heteroatoms. The highest BCUT2D eigenvalue weighted by Gasteiger charge is 2.31. The first-order chi connectivity index (χ1) is 9.77. The third-order valence-electron chi connectivity index (χ3n) is 3.52. The maximum Gasteiger partial charge on any atom is 0.101 e. The molecule has 4 N–H and O–H groups in total. The van der Waals surface area contributed by atoms with Crippen molar-refractivity contribution in [3.05, 3.63) is 60.2 Å². The zero-order chi connectivity index (χ0) is 14.3. The van der Waals surface area contributed by atoms with Crippen molar-refractivity contribution >= 4 is 0 Å². The maximum absolute atomic E-state index is 6.67. The van der Waals surface area contributed by atoms with E-state index in [2.05, 4.69) is 9.97 Å². The molecule has 0 aliphatic carbocycles. The highest BCUT2D eigenvalue weighted by Crippen LogP contribution is 2.29. The molecule has 0 aromatic carbocycles. The molecular formula is C16H22N4. The van der Waals surface area contributed by atoms with Crippen LogP contribution in [0.15, 0.2) is 48.8 Å². The van der Waals surface area contributed by atoms with Crippen LogP contribution < -0.4 is 11.5 Å². The summed E-state index contributed by atoms with van der Waals surface area (Å²) in [5, 5.41) is 0. The molecule has 2 rings (SSSR count). The first-order valence-corrected chi connectivity index (χ1v) is 7.09. The van der Waals surface area contributed by atoms with Gasteiger partial charge in [0.2, 0.25) is 0 Å². The largest absolute Gasteiger partial charge is 0.330 e. The van der Waals surface area contributed by atoms with E-state index < -0.39 is 5.54 Å². The number of pyridine rings is 2. The summed E-state index contributed by atoms with van der Waals surface area (Å²) in [5.74, 6) is 0. The van der Waals surface area contributed by atoms with Crippen LogP contribution in [0.1, 0.15) is 37.1 Å². The van der Waals surface area contributed by atoms with E-state index in [0.717, 1.165) is 43.6 Å². The molecule has 0 atom stereocenters. The molecule has 0 amide bonds. The van der Waals surface area contributed by atoms with Gasteiger partial charge in [0, 0.05) is 12.4 Å². The standard InChI is InChI=1S/C16H22N4/c17-11-5-1-4-10-16(18,14-8-2-6-12-19-14)15-9-3-7-13-20-15/h2-3,6-9,12-13H,1,4-5,10-11,17-18H2. The van der Waals surface area contributed by atoms with E-state index >= 15 is 0 Å². The van der Waals surface area contributed by atoms with Crippen molar-refractivity contribution in [1.29, 1.82) is 0 Å². The summed E-state index contributed by atoms with van der Waals surface area (Å²) in [6.45, 7) is 0.727. The molecule has 0 saturated heterocycles. The van der Waals surface area contributed by atoms with Crippen LogP contribution in [0.4, 0.5) is 0 Å². The van der Waals surface area contributed by atoms with Crippen LogP contribution in [0.25, 0.3) is 0 Å². The first kappa shape index (κ1) is 14.6. The minimum Gasteiger partial charge on any atom is -0.330 e. The van der Waals surface area contributed by atoms with Crippen molar-refractivity contribution in [3.63, 3.8) is 0 Å². The Morgan fingerprint density at radius 1 is 0.850 bits per heavy atom. The van der Waals surface area contributed by atoms with Crippen LogP contribution in [-0.2, 0) is 5.54 Å². The molecule has 0 fully saturated rings. The van der Waals surface area contributed by atoms with Crippen LogP contribution in [0.3, 0.4) is 0 Å². The molecule has 0 unspecified atom stereocenters. The Morgan fingerprint density at radius 3 is 1.90 bits per heavy atom. The van der Waals surface area contributed by atoms with Crippen LogP contribution in [-0.4, -0.2) is 16.5 Å². The van der Waals surface area contributed by atoms with E-state index in [1.807, 2.05) is 36.4 Å². The van der Waals surface area contributed by atoms with Crippen LogP contribution in [0.5, 0.6) is 0 Å². The van der Waals surface area contributed by atoms with Crippen LogP contribution >= 0.6 is 0 Å². The van der Waals surface area contributed by atoms with E-state index in [0.29, 0.717) is 0 Å². The fourth-order valence-corrected chi connectivity index (χ4v) is 2.37. The van der Waals surface area contributed by atoms with E-state index in [-0.39, 0.29) is 0 Å². The molecule has 0 aliphatic heterocycles. The Balaban J connectivity index is 2.24. The monoisotopic (exact) mass is 270 g/mol. The summed E-state index contributed by atoms with van der Waals surface area (Å²) < 4.78 is 0. The van der Waals surface area contributed by atoms with Gasteiger partial charge in [-0.2, -0.15) is 0 Å². The molecule has 2 heterocycles. The van der Waals surface area contributed by atoms with Gasteiger partial charge in [-0.05, 0) is 43.7 Å². The first-order valence-electron chi connectivity index (χ1n) is 7.09. The van der Waals surface area contributed by atoms with Gasteiger partial charge in [-0.1, -0.05) is 25.0 Å². The Bertz CT molecular complexity index is 459. The molecule has 0 radical (unpaired) electrons. The highest BCUT2D eigenvalue weighted by molar-refractivity contribution is 5.29. The Labute approximate surface area is 120 Å². The third-order valence-corrected chi connectivity index (χ3v) is 3.52. The highest BCUT2D eigenvalue weighted by atomic mass is 14.9. The lowest BCUT2D eigenvalue weighted by molar-refractivity contribution is 0.436. The molecule has 0 bridgehead atoms. The van der Waals surface area contributed by atoms with Crippen LogP contribution in [0.2, 0.25) is 0 Å². The zero-order valence-electron chi connectivity index (χ0n) is 11.7. The van der Waals surface area contributed by atoms with Crippen molar-refractivity contribution in [1.82, 2.24) is 9.97 Å². The summed E-state index contributed by atoms with van der Waals surface area (Å²) >= 11 is 0. The summed E-state index contributed by atoms with van der Waals surface area (Å²) in [5.41, 5.74) is 13.3. The minimum absolute atomic E-state index is 0.628. The fourth-order valence-electron chi connectivity index (χ4n) is 2.37. The topological polar surface area (TPSA) is 77.8 Å². The van der Waals surface area contributed by atoms with Gasteiger partial charge in [0.05, 0.1) is 11.4 Å². The summed E-state index contributed by atoms with van der Waals surface area (Å²) in [6.07, 6.45) is 7.50. The summed E-state index contributed by atoms with van der Waals surface area (Å²) in [6, 6.07) is 11.7. The molecule has 0 saturated carbocycles. The van der Waals surface area contributed by atoms with Crippen molar-refractivity contribution in [2.24, 2.45) is 11.5 Å². The molecule has 2 aromatic heterocycles. The van der Waals surface area contributed by atoms with Gasteiger partial charge < -0.3 is 11.5 Å². The molecule has 2 aromatic rings. The maximum atomic E-state index is 6.67. The van der Waals surface area contributed by atoms with Gasteiger partial charge in [0.25, 0.3) is 0 Å². The quantitative estimate of drug-likeness (QED) is 0.756. The summed E-state index contributed by atoms with van der Waals surface area (Å²) in [4.78, 5) is 8.87. The molecular weight excluding hydrogens is 248 g/mol. The van der Waals surface area contributed by atoms with E-state index in [4.69, 9.17) is 11.5 Å². The van der Waals surface area contributed by atoms with Gasteiger partial charge in [-0.3, -0.25) is 9.97 Å². The number of nitrogens with two attached hydrogens (primary N) is 2. The second kappa shape index (κ2) is 7.12. The molecule has 20 heavy (non-hydrogen) atoms. The van der Waals surface area contributed by atoms with Gasteiger partial charge >= 0.3 is 0 Å². The van der Waals surface area contributed by atoms with Gasteiger partial charge in [0.1, 0.15) is 5.54 Å². The Kier molecular flexibility index (Phi) is 5.21. The number of unbranched alkanes of at least 4 members (excludes halogenated alkanes) is 2.